The summed E-state index contributed by atoms with van der Waals surface area (Å²) in [6.45, 7) is 2.09. The Morgan fingerprint density at radius 1 is 1.20 bits per heavy atom. The van der Waals surface area contributed by atoms with Crippen molar-refractivity contribution in [3.63, 3.8) is 0 Å². The van der Waals surface area contributed by atoms with E-state index in [1.165, 1.54) is 0 Å². The van der Waals surface area contributed by atoms with Gasteiger partial charge in [0.1, 0.15) is 9.84 Å². The molecule has 1 unspecified atom stereocenters. The average molecular weight is 493 g/mol. The summed E-state index contributed by atoms with van der Waals surface area (Å²) in [5.41, 5.74) is 4.26. The first-order chi connectivity index (χ1) is 16.8. The Morgan fingerprint density at radius 3 is 2.71 bits per heavy atom. The predicted molar refractivity (Wildman–Crippen MR) is 131 cm³/mol. The molecule has 5 heterocycles. The number of amides is 1. The lowest BCUT2D eigenvalue weighted by atomic mass is 9.61. The maximum Gasteiger partial charge on any atom is 0.250 e. The number of aromatic nitrogens is 2. The van der Waals surface area contributed by atoms with Crippen molar-refractivity contribution in [2.45, 2.75) is 49.7 Å². The van der Waals surface area contributed by atoms with Crippen molar-refractivity contribution >= 4 is 15.7 Å². The predicted octanol–water partition coefficient (Wildman–Crippen LogP) is 2.74. The summed E-state index contributed by atoms with van der Waals surface area (Å²) in [6.07, 6.45) is 5.27. The Bertz CT molecular complexity index is 1420. The summed E-state index contributed by atoms with van der Waals surface area (Å²) >= 11 is 0. The smallest absolute Gasteiger partial charge is 0.250 e. The van der Waals surface area contributed by atoms with Gasteiger partial charge >= 0.3 is 0 Å². The van der Waals surface area contributed by atoms with Gasteiger partial charge in [0.05, 0.1) is 34.4 Å². The number of rotatable bonds is 3. The monoisotopic (exact) mass is 492 g/mol. The largest absolute Gasteiger partial charge is 0.362 e. The fourth-order valence-corrected chi connectivity index (χ4v) is 7.88. The zero-order valence-electron chi connectivity index (χ0n) is 19.8. The molecule has 1 amide bonds. The van der Waals surface area contributed by atoms with Gasteiger partial charge in [0.25, 0.3) is 5.91 Å². The van der Waals surface area contributed by atoms with Crippen LogP contribution in [0, 0.1) is 0 Å². The van der Waals surface area contributed by atoms with Crippen molar-refractivity contribution < 1.29 is 13.2 Å². The molecule has 1 aromatic carbocycles. The molecule has 0 saturated carbocycles. The third-order valence-corrected chi connectivity index (χ3v) is 9.76. The van der Waals surface area contributed by atoms with Gasteiger partial charge in [0.15, 0.2) is 6.17 Å². The van der Waals surface area contributed by atoms with Gasteiger partial charge in [-0.2, -0.15) is 15.3 Å². The maximum absolute atomic E-state index is 13.9. The molecule has 1 spiro atoms. The number of aryl methyl sites for hydroxylation is 1. The SMILES string of the molecule is CC[C@]1(c2cccc(-c3ccnn3C)c2)C2=CN=NC2NC2=C1C(=O)NC1(CCS(=O)(=O)CC1)C2. The van der Waals surface area contributed by atoms with Crippen LogP contribution in [0.3, 0.4) is 0 Å². The maximum atomic E-state index is 13.9. The molecule has 2 atom stereocenters. The molecule has 0 radical (unpaired) electrons. The number of azo groups is 1. The molecule has 1 saturated heterocycles. The molecule has 1 fully saturated rings. The molecule has 4 aliphatic heterocycles. The first-order valence-electron chi connectivity index (χ1n) is 12.0. The molecule has 2 aromatic rings. The van der Waals surface area contributed by atoms with Crippen LogP contribution >= 0.6 is 0 Å². The van der Waals surface area contributed by atoms with Gasteiger partial charge < -0.3 is 10.6 Å². The van der Waals surface area contributed by atoms with Crippen molar-refractivity contribution in [3.8, 4) is 11.3 Å². The number of carbonyl (C=O) groups excluding carboxylic acids is 1. The summed E-state index contributed by atoms with van der Waals surface area (Å²) in [5, 5.41) is 19.7. The Hall–Kier alpha value is -3.27. The molecular formula is C25H28N6O3S. The molecule has 182 valence electrons. The van der Waals surface area contributed by atoms with Crippen molar-refractivity contribution in [1.82, 2.24) is 20.4 Å². The molecule has 2 N–H and O–H groups in total. The topological polar surface area (TPSA) is 118 Å². The minimum absolute atomic E-state index is 0.0931. The first kappa shape index (κ1) is 22.2. The Kier molecular flexibility index (Phi) is 4.83. The van der Waals surface area contributed by atoms with E-state index in [-0.39, 0.29) is 23.6 Å². The molecule has 4 aliphatic rings. The fraction of sp³-hybridized carbons (Fsp3) is 0.440. The van der Waals surface area contributed by atoms with Crippen LogP contribution in [0.2, 0.25) is 0 Å². The fourth-order valence-electron chi connectivity index (χ4n) is 6.27. The van der Waals surface area contributed by atoms with E-state index in [2.05, 4.69) is 45.0 Å². The molecule has 9 nitrogen and oxygen atoms in total. The lowest BCUT2D eigenvalue weighted by Crippen LogP contribution is -2.62. The van der Waals surface area contributed by atoms with Gasteiger partial charge in [-0.1, -0.05) is 25.1 Å². The lowest BCUT2D eigenvalue weighted by Gasteiger charge is -2.50. The van der Waals surface area contributed by atoms with E-state index >= 15 is 0 Å². The minimum Gasteiger partial charge on any atom is -0.362 e. The normalized spacial score (nSPS) is 28.2. The molecule has 1 aromatic heterocycles. The van der Waals surface area contributed by atoms with Crippen LogP contribution in [0.5, 0.6) is 0 Å². The number of nitrogens with zero attached hydrogens (tertiary/aromatic N) is 4. The van der Waals surface area contributed by atoms with Crippen LogP contribution in [0.25, 0.3) is 11.3 Å². The summed E-state index contributed by atoms with van der Waals surface area (Å²) in [5.74, 6) is 0.0446. The van der Waals surface area contributed by atoms with Crippen molar-refractivity contribution in [3.05, 3.63) is 65.1 Å². The summed E-state index contributed by atoms with van der Waals surface area (Å²) in [6, 6.07) is 10.2. The lowest BCUT2D eigenvalue weighted by molar-refractivity contribution is -0.121. The second-order valence-corrected chi connectivity index (χ2v) is 12.3. The van der Waals surface area contributed by atoms with Crippen LogP contribution in [0.15, 0.2) is 69.8 Å². The van der Waals surface area contributed by atoms with Crippen LogP contribution in [0.4, 0.5) is 0 Å². The van der Waals surface area contributed by atoms with Crippen LogP contribution in [-0.2, 0) is 27.1 Å². The minimum atomic E-state index is -3.06. The van der Waals surface area contributed by atoms with E-state index in [0.29, 0.717) is 31.3 Å². The Morgan fingerprint density at radius 2 is 2.00 bits per heavy atom. The molecule has 0 aliphatic carbocycles. The molecule has 35 heavy (non-hydrogen) atoms. The summed E-state index contributed by atoms with van der Waals surface area (Å²) in [7, 11) is -1.15. The molecule has 6 rings (SSSR count). The van der Waals surface area contributed by atoms with E-state index in [1.807, 2.05) is 29.9 Å². The van der Waals surface area contributed by atoms with Gasteiger partial charge in [-0.3, -0.25) is 9.48 Å². The van der Waals surface area contributed by atoms with Crippen molar-refractivity contribution in [1.29, 1.82) is 0 Å². The number of carbonyl (C=O) groups is 1. The number of benzene rings is 1. The highest BCUT2D eigenvalue weighted by atomic mass is 32.2. The highest BCUT2D eigenvalue weighted by molar-refractivity contribution is 7.91. The highest BCUT2D eigenvalue weighted by Crippen LogP contribution is 2.52. The first-order valence-corrected chi connectivity index (χ1v) is 13.8. The molecular weight excluding hydrogens is 464 g/mol. The van der Waals surface area contributed by atoms with E-state index < -0.39 is 20.8 Å². The zero-order valence-corrected chi connectivity index (χ0v) is 20.6. The third-order valence-electron chi connectivity index (χ3n) is 8.11. The van der Waals surface area contributed by atoms with Gasteiger partial charge in [0, 0.05) is 42.0 Å². The van der Waals surface area contributed by atoms with Crippen LogP contribution in [-0.4, -0.2) is 47.3 Å². The number of hydrogen-bond acceptors (Lipinski definition) is 7. The summed E-state index contributed by atoms with van der Waals surface area (Å²) in [4.78, 5) is 13.9. The van der Waals surface area contributed by atoms with Crippen LogP contribution in [0.1, 0.15) is 38.2 Å². The second kappa shape index (κ2) is 7.61. The van der Waals surface area contributed by atoms with Crippen molar-refractivity contribution in [2.24, 2.45) is 17.3 Å². The van der Waals surface area contributed by atoms with Crippen LogP contribution < -0.4 is 10.6 Å². The van der Waals surface area contributed by atoms with Gasteiger partial charge in [-0.15, -0.1) is 0 Å². The third kappa shape index (κ3) is 3.30. The second-order valence-electron chi connectivity index (χ2n) is 9.96. The average Bonchev–Trinajstić information content (AvgIpc) is 3.49. The Labute approximate surface area is 204 Å². The van der Waals surface area contributed by atoms with E-state index in [0.717, 1.165) is 28.1 Å². The number of fused-ring (bicyclic) bond motifs is 1. The van der Waals surface area contributed by atoms with Gasteiger partial charge in [0.2, 0.25) is 0 Å². The van der Waals surface area contributed by atoms with E-state index in [4.69, 9.17) is 0 Å². The zero-order chi connectivity index (χ0) is 24.4. The number of sulfone groups is 1. The van der Waals surface area contributed by atoms with Gasteiger partial charge in [-0.25, -0.2) is 8.42 Å². The standard InChI is InChI=1S/C25H28N6O3S/c1-3-25(17-6-4-5-16(13-17)20-7-10-27-31(20)2)18-15-26-30-22(18)28-19-14-24(29-23(32)21(19)25)8-11-35(33,34)12-9-24/h4-7,10,13,15,22,28H,3,8-9,11-12,14H2,1-2H3,(H,29,32)/t22?,25-/m0/s1. The number of nitrogens with one attached hydrogen (secondary N) is 2. The van der Waals surface area contributed by atoms with E-state index in [9.17, 15) is 13.2 Å². The molecule has 0 bridgehead atoms. The van der Waals surface area contributed by atoms with E-state index in [1.54, 1.807) is 12.4 Å². The molecule has 10 heteroatoms. The Balaban J connectivity index is 1.51. The van der Waals surface area contributed by atoms with Crippen molar-refractivity contribution in [2.75, 3.05) is 11.5 Å². The quantitative estimate of drug-likeness (QED) is 0.683. The highest BCUT2D eigenvalue weighted by Gasteiger charge is 2.55. The summed E-state index contributed by atoms with van der Waals surface area (Å²) < 4.78 is 26.0. The number of hydrogen-bond donors (Lipinski definition) is 2. The van der Waals surface area contributed by atoms with Gasteiger partial charge in [-0.05, 0) is 37.0 Å².